The second-order valence-corrected chi connectivity index (χ2v) is 6.84. The predicted octanol–water partition coefficient (Wildman–Crippen LogP) is 0.878. The largest absolute Gasteiger partial charge is 0.376 e. The molecule has 0 bridgehead atoms. The molecule has 0 radical (unpaired) electrons. The first-order valence-electron chi connectivity index (χ1n) is 8.44. The van der Waals surface area contributed by atoms with E-state index in [1.807, 2.05) is 14.0 Å². The fourth-order valence-corrected chi connectivity index (χ4v) is 3.02. The molecule has 1 saturated heterocycles. The van der Waals surface area contributed by atoms with Crippen molar-refractivity contribution >= 4 is 23.3 Å². The Morgan fingerprint density at radius 3 is 2.68 bits per heavy atom. The molecule has 8 heteroatoms. The van der Waals surface area contributed by atoms with Crippen molar-refractivity contribution in [2.24, 2.45) is 5.92 Å². The van der Waals surface area contributed by atoms with Gasteiger partial charge < -0.3 is 20.7 Å². The van der Waals surface area contributed by atoms with Gasteiger partial charge in [0.25, 0.3) is 5.91 Å². The third-order valence-corrected chi connectivity index (χ3v) is 5.11. The quantitative estimate of drug-likeness (QED) is 0.707. The summed E-state index contributed by atoms with van der Waals surface area (Å²) in [6.07, 6.45) is 3.32. The van der Waals surface area contributed by atoms with Gasteiger partial charge in [-0.15, -0.1) is 0 Å². The summed E-state index contributed by atoms with van der Waals surface area (Å²) in [5.41, 5.74) is 0.580. The summed E-state index contributed by atoms with van der Waals surface area (Å²) < 4.78 is 5.52. The Balaban J connectivity index is 1.87. The monoisotopic (exact) mass is 347 g/mol. The van der Waals surface area contributed by atoms with E-state index in [2.05, 4.69) is 25.8 Å². The highest BCUT2D eigenvalue weighted by Crippen LogP contribution is 2.34. The summed E-state index contributed by atoms with van der Waals surface area (Å²) in [5.74, 6) is 0.263. The number of amides is 2. The molecule has 3 N–H and O–H groups in total. The molecule has 2 heterocycles. The second-order valence-electron chi connectivity index (χ2n) is 6.84. The van der Waals surface area contributed by atoms with Crippen LogP contribution in [0.15, 0.2) is 12.3 Å². The molecular formula is C17H25N5O3. The lowest BCUT2D eigenvalue weighted by Gasteiger charge is -2.55. The van der Waals surface area contributed by atoms with Crippen molar-refractivity contribution in [3.8, 4) is 0 Å². The zero-order chi connectivity index (χ0) is 18.2. The van der Waals surface area contributed by atoms with E-state index in [-0.39, 0.29) is 23.8 Å². The van der Waals surface area contributed by atoms with Gasteiger partial charge in [-0.25, -0.2) is 4.98 Å². The molecule has 2 atom stereocenters. The summed E-state index contributed by atoms with van der Waals surface area (Å²) >= 11 is 0. The van der Waals surface area contributed by atoms with E-state index >= 15 is 0 Å². The summed E-state index contributed by atoms with van der Waals surface area (Å²) in [6, 6.07) is 1.70. The Bertz CT molecular complexity index is 691. The third-order valence-electron chi connectivity index (χ3n) is 5.11. The number of hydrogen-bond acceptors (Lipinski definition) is 6. The number of carbonyl (C=O) groups excluding carboxylic acids is 2. The van der Waals surface area contributed by atoms with Crippen molar-refractivity contribution in [3.05, 3.63) is 17.8 Å². The summed E-state index contributed by atoms with van der Waals surface area (Å²) in [4.78, 5) is 30.5. The lowest BCUT2D eigenvalue weighted by molar-refractivity contribution is -0.117. The number of ether oxygens (including phenoxy) is 1. The molecule has 2 fully saturated rings. The number of nitrogens with one attached hydrogen (secondary N) is 3. The fraction of sp³-hybridized carbons (Fsp3) is 0.588. The van der Waals surface area contributed by atoms with E-state index in [1.54, 1.807) is 20.2 Å². The molecule has 8 nitrogen and oxygen atoms in total. The second kappa shape index (κ2) is 6.61. The summed E-state index contributed by atoms with van der Waals surface area (Å²) in [6.45, 7) is 2.81. The average molecular weight is 347 g/mol. The first kappa shape index (κ1) is 17.6. The van der Waals surface area contributed by atoms with E-state index in [4.69, 9.17) is 4.74 Å². The lowest BCUT2D eigenvalue weighted by atomic mass is 9.92. The maximum Gasteiger partial charge on any atom is 0.254 e. The van der Waals surface area contributed by atoms with Gasteiger partial charge in [0, 0.05) is 38.9 Å². The molecule has 1 unspecified atom stereocenters. The molecule has 1 saturated carbocycles. The number of likely N-dealkylation sites (tertiary alicyclic amines) is 1. The summed E-state index contributed by atoms with van der Waals surface area (Å²) in [7, 11) is 5.23. The van der Waals surface area contributed by atoms with E-state index in [0.29, 0.717) is 17.1 Å². The Morgan fingerprint density at radius 2 is 2.12 bits per heavy atom. The first-order valence-corrected chi connectivity index (χ1v) is 8.44. The van der Waals surface area contributed by atoms with Crippen molar-refractivity contribution in [2.45, 2.75) is 31.5 Å². The van der Waals surface area contributed by atoms with Gasteiger partial charge in [0.2, 0.25) is 5.91 Å². The van der Waals surface area contributed by atoms with Gasteiger partial charge in [0.15, 0.2) is 0 Å². The van der Waals surface area contributed by atoms with Crippen LogP contribution in [0.1, 0.15) is 30.1 Å². The minimum absolute atomic E-state index is 0.00675. The van der Waals surface area contributed by atoms with Crippen LogP contribution in [0.4, 0.5) is 11.5 Å². The minimum Gasteiger partial charge on any atom is -0.376 e. The van der Waals surface area contributed by atoms with Crippen molar-refractivity contribution in [1.29, 1.82) is 0 Å². The van der Waals surface area contributed by atoms with Crippen molar-refractivity contribution < 1.29 is 14.3 Å². The van der Waals surface area contributed by atoms with Crippen LogP contribution >= 0.6 is 0 Å². The molecule has 1 aromatic heterocycles. The Labute approximate surface area is 147 Å². The number of hydrogen-bond donors (Lipinski definition) is 3. The van der Waals surface area contributed by atoms with E-state index in [0.717, 1.165) is 19.4 Å². The zero-order valence-corrected chi connectivity index (χ0v) is 15.0. The highest BCUT2D eigenvalue weighted by atomic mass is 16.5. The molecule has 0 spiro atoms. The van der Waals surface area contributed by atoms with Crippen LogP contribution in [0.5, 0.6) is 0 Å². The molecule has 3 rings (SSSR count). The standard InChI is InChI=1S/C17H25N5O3/c1-17(13(25-4)9-22(17)3)21-12-7-14(20-15(23)10-5-6-10)19-8-11(12)16(24)18-2/h7-8,10,13H,5-6,9H2,1-4H3,(H,18,24)(H2,19,20,21,23)/t13-,17?/m1/s1. The SMILES string of the molecule is CNC(=O)c1cnc(NC(=O)C2CC2)cc1NC1(C)[C@H](OC)CN1C. The van der Waals surface area contributed by atoms with Crippen LogP contribution in [0.25, 0.3) is 0 Å². The Hall–Kier alpha value is -2.19. The number of methoxy groups -OCH3 is 1. The highest BCUT2D eigenvalue weighted by Gasteiger charge is 2.48. The molecular weight excluding hydrogens is 322 g/mol. The average Bonchev–Trinajstić information content (AvgIpc) is 3.44. The van der Waals surface area contributed by atoms with Gasteiger partial charge in [-0.3, -0.25) is 14.5 Å². The molecule has 0 aromatic carbocycles. The molecule has 25 heavy (non-hydrogen) atoms. The third kappa shape index (κ3) is 3.32. The number of rotatable bonds is 6. The van der Waals surface area contributed by atoms with Gasteiger partial charge in [-0.05, 0) is 26.8 Å². The molecule has 1 aliphatic carbocycles. The molecule has 1 aromatic rings. The van der Waals surface area contributed by atoms with Crippen LogP contribution < -0.4 is 16.0 Å². The number of nitrogens with zero attached hydrogens (tertiary/aromatic N) is 2. The van der Waals surface area contributed by atoms with Crippen molar-refractivity contribution in [2.75, 3.05) is 38.4 Å². The van der Waals surface area contributed by atoms with E-state index < -0.39 is 5.66 Å². The van der Waals surface area contributed by atoms with Gasteiger partial charge in [0.05, 0.1) is 11.3 Å². The number of carbonyl (C=O) groups is 2. The Morgan fingerprint density at radius 1 is 1.40 bits per heavy atom. The highest BCUT2D eigenvalue weighted by molar-refractivity contribution is 6.00. The number of likely N-dealkylation sites (N-methyl/N-ethyl adjacent to an activating group) is 1. The van der Waals surface area contributed by atoms with Gasteiger partial charge in [0.1, 0.15) is 17.6 Å². The number of pyridine rings is 1. The van der Waals surface area contributed by atoms with Gasteiger partial charge >= 0.3 is 0 Å². The van der Waals surface area contributed by atoms with Crippen LogP contribution in [-0.4, -0.2) is 61.2 Å². The normalized spacial score (nSPS) is 25.8. The lowest BCUT2D eigenvalue weighted by Crippen LogP contribution is -2.72. The molecule has 1 aliphatic heterocycles. The fourth-order valence-electron chi connectivity index (χ4n) is 3.02. The zero-order valence-electron chi connectivity index (χ0n) is 15.0. The number of anilines is 2. The minimum atomic E-state index is -0.448. The van der Waals surface area contributed by atoms with Crippen LogP contribution in [0.2, 0.25) is 0 Å². The van der Waals surface area contributed by atoms with Gasteiger partial charge in [-0.1, -0.05) is 0 Å². The van der Waals surface area contributed by atoms with Gasteiger partial charge in [-0.2, -0.15) is 0 Å². The topological polar surface area (TPSA) is 95.6 Å². The van der Waals surface area contributed by atoms with Crippen LogP contribution in [0.3, 0.4) is 0 Å². The summed E-state index contributed by atoms with van der Waals surface area (Å²) in [5, 5.41) is 8.83. The molecule has 2 amide bonds. The van der Waals surface area contributed by atoms with Crippen LogP contribution in [-0.2, 0) is 9.53 Å². The van der Waals surface area contributed by atoms with E-state index in [9.17, 15) is 9.59 Å². The predicted molar refractivity (Wildman–Crippen MR) is 94.4 cm³/mol. The number of aromatic nitrogens is 1. The van der Waals surface area contributed by atoms with Crippen molar-refractivity contribution in [3.63, 3.8) is 0 Å². The molecule has 2 aliphatic rings. The maximum absolute atomic E-state index is 12.2. The first-order chi connectivity index (χ1) is 11.9. The van der Waals surface area contributed by atoms with Crippen LogP contribution in [0, 0.1) is 5.92 Å². The van der Waals surface area contributed by atoms with Crippen molar-refractivity contribution in [1.82, 2.24) is 15.2 Å². The smallest absolute Gasteiger partial charge is 0.254 e. The Kier molecular flexibility index (Phi) is 4.66. The maximum atomic E-state index is 12.2. The van der Waals surface area contributed by atoms with E-state index in [1.165, 1.54) is 6.20 Å². The molecule has 136 valence electrons.